The number of β-lactam (4-membered cyclic amide) rings is 1. The lowest BCUT2D eigenvalue weighted by Gasteiger charge is -2.47. The highest BCUT2D eigenvalue weighted by Gasteiger charge is 2.54. The second-order valence-electron chi connectivity index (χ2n) is 8.73. The van der Waals surface area contributed by atoms with Crippen LogP contribution in [0.2, 0.25) is 0 Å². The summed E-state index contributed by atoms with van der Waals surface area (Å²) in [4.78, 5) is 53.6. The molecule has 5 amide bonds. The molecule has 2 heterocycles. The van der Waals surface area contributed by atoms with Gasteiger partial charge in [-0.3, -0.25) is 14.5 Å². The summed E-state index contributed by atoms with van der Waals surface area (Å²) in [5.41, 5.74) is 5.44. The Bertz CT molecular complexity index is 721. The van der Waals surface area contributed by atoms with Crippen LogP contribution in [0.25, 0.3) is 0 Å². The lowest BCUT2D eigenvalue weighted by molar-refractivity contribution is -0.158. The van der Waals surface area contributed by atoms with E-state index in [2.05, 4.69) is 38.0 Å². The summed E-state index contributed by atoms with van der Waals surface area (Å²) in [7, 11) is 1.48. The summed E-state index contributed by atoms with van der Waals surface area (Å²) in [6, 6.07) is -1.33. The van der Waals surface area contributed by atoms with Gasteiger partial charge in [-0.2, -0.15) is 0 Å². The monoisotopic (exact) mass is 482 g/mol. The molecule has 2 atom stereocenters. The minimum Gasteiger partial charge on any atom is -0.450 e. The number of hydrogen-bond acceptors (Lipinski definition) is 7. The van der Waals surface area contributed by atoms with Crippen molar-refractivity contribution in [3.8, 4) is 0 Å². The number of hydrogen-bond donors (Lipinski definition) is 3. The molecular weight excluding hydrogens is 440 g/mol. The molecule has 2 saturated heterocycles. The number of imide groups is 1. The van der Waals surface area contributed by atoms with Crippen LogP contribution in [0.1, 0.15) is 47.0 Å². The van der Waals surface area contributed by atoms with Gasteiger partial charge in [0, 0.05) is 39.8 Å². The van der Waals surface area contributed by atoms with Crippen LogP contribution < -0.4 is 16.4 Å². The summed E-state index contributed by atoms with van der Waals surface area (Å²) in [5.74, 6) is -0.0542. The SMILES string of the molecule is C=C(N)NCCC[C@H]1C(=O)N(C(=O)N2CCN(C(=O)OCC)CC2)C1C(=O)NC.CCC(C)C. The van der Waals surface area contributed by atoms with Gasteiger partial charge in [0.05, 0.1) is 18.3 Å². The molecule has 0 aromatic rings. The number of carbonyl (C=O) groups excluding carboxylic acids is 4. The molecule has 2 aliphatic rings. The summed E-state index contributed by atoms with van der Waals surface area (Å²) in [5, 5.41) is 5.40. The van der Waals surface area contributed by atoms with Gasteiger partial charge in [0.15, 0.2) is 0 Å². The van der Waals surface area contributed by atoms with Crippen molar-refractivity contribution in [2.75, 3.05) is 46.4 Å². The van der Waals surface area contributed by atoms with Gasteiger partial charge in [-0.25, -0.2) is 9.59 Å². The molecule has 11 heteroatoms. The van der Waals surface area contributed by atoms with Gasteiger partial charge in [0.2, 0.25) is 11.8 Å². The first-order valence-corrected chi connectivity index (χ1v) is 12.0. The van der Waals surface area contributed by atoms with Crippen molar-refractivity contribution in [2.24, 2.45) is 17.6 Å². The van der Waals surface area contributed by atoms with Crippen LogP contribution in [0.15, 0.2) is 12.4 Å². The molecule has 0 spiro atoms. The first-order chi connectivity index (χ1) is 16.1. The Kier molecular flexibility index (Phi) is 12.2. The zero-order valence-electron chi connectivity index (χ0n) is 21.3. The van der Waals surface area contributed by atoms with Crippen LogP contribution in [0.3, 0.4) is 0 Å². The molecule has 194 valence electrons. The lowest BCUT2D eigenvalue weighted by atomic mass is 9.83. The van der Waals surface area contributed by atoms with Crippen molar-refractivity contribution in [3.05, 3.63) is 12.4 Å². The largest absolute Gasteiger partial charge is 0.450 e. The van der Waals surface area contributed by atoms with Crippen LogP contribution in [0.4, 0.5) is 9.59 Å². The van der Waals surface area contributed by atoms with Crippen LogP contribution >= 0.6 is 0 Å². The average molecular weight is 483 g/mol. The minimum atomic E-state index is -0.829. The summed E-state index contributed by atoms with van der Waals surface area (Å²) in [6.07, 6.45) is 1.95. The van der Waals surface area contributed by atoms with E-state index in [1.165, 1.54) is 23.3 Å². The number of nitrogens with two attached hydrogens (primary N) is 1. The topological polar surface area (TPSA) is 137 Å². The first kappa shape index (κ1) is 29.1. The van der Waals surface area contributed by atoms with Crippen LogP contribution in [0.5, 0.6) is 0 Å². The maximum absolute atomic E-state index is 12.9. The Morgan fingerprint density at radius 2 is 1.71 bits per heavy atom. The van der Waals surface area contributed by atoms with E-state index in [-0.39, 0.29) is 31.5 Å². The number of likely N-dealkylation sites (tertiary alicyclic amines) is 1. The van der Waals surface area contributed by atoms with E-state index in [0.29, 0.717) is 38.3 Å². The average Bonchev–Trinajstić information content (AvgIpc) is 2.81. The molecule has 2 aliphatic heterocycles. The van der Waals surface area contributed by atoms with E-state index in [9.17, 15) is 19.2 Å². The molecule has 2 fully saturated rings. The zero-order valence-corrected chi connectivity index (χ0v) is 21.3. The van der Waals surface area contributed by atoms with Crippen molar-refractivity contribution in [3.63, 3.8) is 0 Å². The fraction of sp³-hybridized carbons (Fsp3) is 0.739. The van der Waals surface area contributed by atoms with E-state index < -0.39 is 24.1 Å². The number of carbonyl (C=O) groups is 4. The summed E-state index contributed by atoms with van der Waals surface area (Å²) < 4.78 is 4.96. The Morgan fingerprint density at radius 3 is 2.18 bits per heavy atom. The van der Waals surface area contributed by atoms with E-state index in [1.54, 1.807) is 6.92 Å². The van der Waals surface area contributed by atoms with E-state index in [4.69, 9.17) is 10.5 Å². The quantitative estimate of drug-likeness (QED) is 0.350. The van der Waals surface area contributed by atoms with Crippen molar-refractivity contribution in [1.82, 2.24) is 25.3 Å². The smallest absolute Gasteiger partial charge is 0.409 e. The maximum Gasteiger partial charge on any atom is 0.409 e. The molecular formula is C23H42N6O5. The second kappa shape index (κ2) is 14.3. The normalized spacial score (nSPS) is 19.6. The van der Waals surface area contributed by atoms with E-state index in [0.717, 1.165) is 10.8 Å². The van der Waals surface area contributed by atoms with Gasteiger partial charge in [-0.15, -0.1) is 0 Å². The van der Waals surface area contributed by atoms with Crippen molar-refractivity contribution in [2.45, 2.75) is 53.0 Å². The molecule has 4 N–H and O–H groups in total. The highest BCUT2D eigenvalue weighted by Crippen LogP contribution is 2.32. The zero-order chi connectivity index (χ0) is 25.8. The van der Waals surface area contributed by atoms with Gasteiger partial charge in [-0.1, -0.05) is 33.8 Å². The molecule has 0 aliphatic carbocycles. The second-order valence-corrected chi connectivity index (χ2v) is 8.73. The molecule has 34 heavy (non-hydrogen) atoms. The van der Waals surface area contributed by atoms with Gasteiger partial charge in [0.1, 0.15) is 6.04 Å². The standard InChI is InChI=1S/C18H30N6O5.C5H12/c1-4-29-18(28)23-10-8-22(9-11-23)17(27)24-14(15(25)20-3)13(16(24)26)6-5-7-21-12(2)19;1-4-5(2)3/h13-14,21H,2,4-11,19H2,1,3H3,(H,20,25);5H,4H2,1-3H3/t13-,14?;/m1./s1. The third-order valence-corrected chi connectivity index (χ3v) is 5.87. The molecule has 0 radical (unpaired) electrons. The minimum absolute atomic E-state index is 0.273. The Hall–Kier alpha value is -2.98. The van der Waals surface area contributed by atoms with Crippen molar-refractivity contribution >= 4 is 23.9 Å². The van der Waals surface area contributed by atoms with E-state index in [1.807, 2.05) is 0 Å². The molecule has 0 saturated carbocycles. The van der Waals surface area contributed by atoms with Crippen molar-refractivity contribution in [1.29, 1.82) is 0 Å². The Labute approximate surface area is 203 Å². The molecule has 0 bridgehead atoms. The van der Waals surface area contributed by atoms with E-state index >= 15 is 0 Å². The van der Waals surface area contributed by atoms with Gasteiger partial charge < -0.3 is 30.9 Å². The van der Waals surface area contributed by atoms with Crippen LogP contribution in [-0.4, -0.2) is 91.1 Å². The van der Waals surface area contributed by atoms with Gasteiger partial charge in [0.25, 0.3) is 0 Å². The number of nitrogens with zero attached hydrogens (tertiary/aromatic N) is 3. The predicted molar refractivity (Wildman–Crippen MR) is 129 cm³/mol. The third-order valence-electron chi connectivity index (χ3n) is 5.87. The highest BCUT2D eigenvalue weighted by atomic mass is 16.6. The first-order valence-electron chi connectivity index (χ1n) is 12.0. The van der Waals surface area contributed by atoms with Crippen LogP contribution in [-0.2, 0) is 14.3 Å². The Balaban J connectivity index is 0.00000104. The number of ether oxygens (including phenoxy) is 1. The molecule has 0 aromatic carbocycles. The van der Waals surface area contributed by atoms with Crippen molar-refractivity contribution < 1.29 is 23.9 Å². The number of amides is 5. The predicted octanol–water partition coefficient (Wildman–Crippen LogP) is 1.31. The highest BCUT2D eigenvalue weighted by molar-refractivity contribution is 6.08. The third kappa shape index (κ3) is 8.11. The number of rotatable bonds is 8. The summed E-state index contributed by atoms with van der Waals surface area (Å²) >= 11 is 0. The number of piperazine rings is 1. The van der Waals surface area contributed by atoms with Gasteiger partial charge >= 0.3 is 12.1 Å². The molecule has 11 nitrogen and oxygen atoms in total. The summed E-state index contributed by atoms with van der Waals surface area (Å²) in [6.45, 7) is 13.9. The van der Waals surface area contributed by atoms with Gasteiger partial charge in [-0.05, 0) is 25.7 Å². The number of nitrogens with one attached hydrogen (secondary N) is 2. The maximum atomic E-state index is 12.9. The van der Waals surface area contributed by atoms with Crippen LogP contribution in [0, 0.1) is 11.8 Å². The fourth-order valence-electron chi connectivity index (χ4n) is 3.51. The fourth-order valence-corrected chi connectivity index (χ4v) is 3.51. The number of likely N-dealkylation sites (N-methyl/N-ethyl adjacent to an activating group) is 1. The number of urea groups is 1. The molecule has 2 rings (SSSR count). The lowest BCUT2D eigenvalue weighted by Crippen LogP contribution is -2.70. The molecule has 0 aromatic heterocycles. The molecule has 1 unspecified atom stereocenters. The Morgan fingerprint density at radius 1 is 1.15 bits per heavy atom.